The summed E-state index contributed by atoms with van der Waals surface area (Å²) in [6.07, 6.45) is 4.42. The molecule has 0 unspecified atom stereocenters. The molecular formula is C10H16O3. The van der Waals surface area contributed by atoms with E-state index < -0.39 is 0 Å². The average molecular weight is 184 g/mol. The van der Waals surface area contributed by atoms with Crippen LogP contribution in [0.15, 0.2) is 0 Å². The molecule has 1 aliphatic carbocycles. The molecule has 0 N–H and O–H groups in total. The topological polar surface area (TPSA) is 43.4 Å². The largest absolute Gasteiger partial charge is 0.466 e. The number of carbonyl (C=O) groups excluding carboxylic acids is 2. The van der Waals surface area contributed by atoms with Gasteiger partial charge < -0.3 is 9.53 Å². The van der Waals surface area contributed by atoms with E-state index in [4.69, 9.17) is 4.74 Å². The summed E-state index contributed by atoms with van der Waals surface area (Å²) in [5.41, 5.74) is 0. The van der Waals surface area contributed by atoms with Gasteiger partial charge in [0.1, 0.15) is 6.29 Å². The first-order valence-electron chi connectivity index (χ1n) is 4.89. The SMILES string of the molecule is CCOC(=O)[C@H]1CCC[C@@H](C=O)C1. The summed E-state index contributed by atoms with van der Waals surface area (Å²) in [5.74, 6) is -0.0962. The Bertz CT molecular complexity index is 189. The van der Waals surface area contributed by atoms with Crippen molar-refractivity contribution in [2.75, 3.05) is 6.61 Å². The average Bonchev–Trinajstić information content (AvgIpc) is 2.18. The predicted octanol–water partition coefficient (Wildman–Crippen LogP) is 1.55. The van der Waals surface area contributed by atoms with Crippen LogP contribution >= 0.6 is 0 Å². The van der Waals surface area contributed by atoms with Crippen molar-refractivity contribution in [1.82, 2.24) is 0 Å². The highest BCUT2D eigenvalue weighted by Gasteiger charge is 2.27. The van der Waals surface area contributed by atoms with Crippen molar-refractivity contribution >= 4 is 12.3 Å². The maximum absolute atomic E-state index is 11.3. The monoisotopic (exact) mass is 184 g/mol. The Morgan fingerprint density at radius 3 is 2.92 bits per heavy atom. The van der Waals surface area contributed by atoms with Gasteiger partial charge in [0, 0.05) is 5.92 Å². The molecule has 0 saturated heterocycles. The van der Waals surface area contributed by atoms with Crippen LogP contribution in [-0.2, 0) is 14.3 Å². The van der Waals surface area contributed by atoms with Crippen LogP contribution in [-0.4, -0.2) is 18.9 Å². The molecule has 0 radical (unpaired) electrons. The minimum atomic E-state index is -0.131. The summed E-state index contributed by atoms with van der Waals surface area (Å²) in [6, 6.07) is 0. The lowest BCUT2D eigenvalue weighted by Crippen LogP contribution is -2.25. The van der Waals surface area contributed by atoms with Crippen LogP contribution in [0.4, 0.5) is 0 Å². The summed E-state index contributed by atoms with van der Waals surface area (Å²) in [7, 11) is 0. The highest BCUT2D eigenvalue weighted by atomic mass is 16.5. The Morgan fingerprint density at radius 1 is 1.54 bits per heavy atom. The minimum absolute atomic E-state index is 0.0381. The van der Waals surface area contributed by atoms with E-state index in [0.717, 1.165) is 25.5 Å². The van der Waals surface area contributed by atoms with Gasteiger partial charge in [-0.05, 0) is 26.2 Å². The summed E-state index contributed by atoms with van der Waals surface area (Å²) in [6.45, 7) is 2.24. The maximum Gasteiger partial charge on any atom is 0.308 e. The van der Waals surface area contributed by atoms with Gasteiger partial charge in [-0.2, -0.15) is 0 Å². The van der Waals surface area contributed by atoms with Gasteiger partial charge in [-0.25, -0.2) is 0 Å². The van der Waals surface area contributed by atoms with E-state index in [0.29, 0.717) is 13.0 Å². The van der Waals surface area contributed by atoms with Crippen LogP contribution in [0.1, 0.15) is 32.6 Å². The zero-order valence-electron chi connectivity index (χ0n) is 7.99. The molecule has 0 aliphatic heterocycles. The van der Waals surface area contributed by atoms with Crippen LogP contribution < -0.4 is 0 Å². The Labute approximate surface area is 78.5 Å². The van der Waals surface area contributed by atoms with Gasteiger partial charge in [0.2, 0.25) is 0 Å². The van der Waals surface area contributed by atoms with Crippen molar-refractivity contribution in [1.29, 1.82) is 0 Å². The molecule has 0 spiro atoms. The lowest BCUT2D eigenvalue weighted by Gasteiger charge is -2.23. The third kappa shape index (κ3) is 2.83. The maximum atomic E-state index is 11.3. The standard InChI is InChI=1S/C10H16O3/c1-2-13-10(12)9-5-3-4-8(6-9)7-11/h7-9H,2-6H2,1H3/t8-,9+/m1/s1. The Kier molecular flexibility index (Phi) is 3.93. The number of hydrogen-bond acceptors (Lipinski definition) is 3. The Balaban J connectivity index is 2.41. The molecule has 1 rings (SSSR count). The van der Waals surface area contributed by atoms with Gasteiger partial charge in [-0.3, -0.25) is 4.79 Å². The Hall–Kier alpha value is -0.860. The van der Waals surface area contributed by atoms with Gasteiger partial charge in [0.25, 0.3) is 0 Å². The van der Waals surface area contributed by atoms with Crippen molar-refractivity contribution in [3.05, 3.63) is 0 Å². The van der Waals surface area contributed by atoms with Crippen molar-refractivity contribution < 1.29 is 14.3 Å². The van der Waals surface area contributed by atoms with Gasteiger partial charge in [0.15, 0.2) is 0 Å². The molecule has 3 heteroatoms. The number of ether oxygens (including phenoxy) is 1. The molecule has 74 valence electrons. The van der Waals surface area contributed by atoms with Gasteiger partial charge >= 0.3 is 5.97 Å². The zero-order chi connectivity index (χ0) is 9.68. The lowest BCUT2D eigenvalue weighted by atomic mass is 9.82. The normalized spacial score (nSPS) is 28.1. The van der Waals surface area contributed by atoms with Crippen LogP contribution in [0.5, 0.6) is 0 Å². The quantitative estimate of drug-likeness (QED) is 0.493. The number of aldehydes is 1. The van der Waals surface area contributed by atoms with Gasteiger partial charge in [-0.1, -0.05) is 6.42 Å². The fourth-order valence-corrected chi connectivity index (χ4v) is 1.83. The van der Waals surface area contributed by atoms with Crippen LogP contribution in [0.25, 0.3) is 0 Å². The fraction of sp³-hybridized carbons (Fsp3) is 0.800. The van der Waals surface area contributed by atoms with E-state index in [2.05, 4.69) is 0 Å². The number of rotatable bonds is 3. The molecule has 0 aromatic rings. The fourth-order valence-electron chi connectivity index (χ4n) is 1.83. The van der Waals surface area contributed by atoms with Crippen LogP contribution in [0.3, 0.4) is 0 Å². The lowest BCUT2D eigenvalue weighted by molar-refractivity contribution is -0.149. The third-order valence-electron chi connectivity index (χ3n) is 2.53. The van der Waals surface area contributed by atoms with Crippen molar-refractivity contribution in [3.8, 4) is 0 Å². The minimum Gasteiger partial charge on any atom is -0.466 e. The zero-order valence-corrected chi connectivity index (χ0v) is 7.99. The molecule has 13 heavy (non-hydrogen) atoms. The number of esters is 1. The Morgan fingerprint density at radius 2 is 2.31 bits per heavy atom. The molecular weight excluding hydrogens is 168 g/mol. The number of hydrogen-bond donors (Lipinski definition) is 0. The van der Waals surface area contributed by atoms with Crippen molar-refractivity contribution in [3.63, 3.8) is 0 Å². The second kappa shape index (κ2) is 5.00. The van der Waals surface area contributed by atoms with E-state index in [9.17, 15) is 9.59 Å². The van der Waals surface area contributed by atoms with Crippen LogP contribution in [0, 0.1) is 11.8 Å². The van der Waals surface area contributed by atoms with E-state index >= 15 is 0 Å². The molecule has 0 aromatic heterocycles. The first-order valence-corrected chi connectivity index (χ1v) is 4.89. The summed E-state index contributed by atoms with van der Waals surface area (Å²) < 4.78 is 4.92. The second-order valence-corrected chi connectivity index (χ2v) is 3.51. The smallest absolute Gasteiger partial charge is 0.308 e. The number of carbonyl (C=O) groups is 2. The van der Waals surface area contributed by atoms with E-state index in [1.165, 1.54) is 0 Å². The molecule has 3 nitrogen and oxygen atoms in total. The van der Waals surface area contributed by atoms with Crippen molar-refractivity contribution in [2.45, 2.75) is 32.6 Å². The summed E-state index contributed by atoms with van der Waals surface area (Å²) in [5, 5.41) is 0. The van der Waals surface area contributed by atoms with Gasteiger partial charge in [-0.15, -0.1) is 0 Å². The molecule has 2 atom stereocenters. The summed E-state index contributed by atoms with van der Waals surface area (Å²) >= 11 is 0. The van der Waals surface area contributed by atoms with E-state index in [1.807, 2.05) is 0 Å². The van der Waals surface area contributed by atoms with Crippen LogP contribution in [0.2, 0.25) is 0 Å². The van der Waals surface area contributed by atoms with Gasteiger partial charge in [0.05, 0.1) is 12.5 Å². The van der Waals surface area contributed by atoms with E-state index in [1.54, 1.807) is 6.92 Å². The first-order chi connectivity index (χ1) is 6.27. The molecule has 1 fully saturated rings. The third-order valence-corrected chi connectivity index (χ3v) is 2.53. The molecule has 0 heterocycles. The molecule has 0 amide bonds. The predicted molar refractivity (Wildman–Crippen MR) is 48.1 cm³/mol. The van der Waals surface area contributed by atoms with Crippen molar-refractivity contribution in [2.24, 2.45) is 11.8 Å². The molecule has 0 aromatic carbocycles. The first kappa shape index (κ1) is 10.2. The second-order valence-electron chi connectivity index (χ2n) is 3.51. The highest BCUT2D eigenvalue weighted by molar-refractivity contribution is 5.73. The molecule has 0 bridgehead atoms. The molecule has 1 saturated carbocycles. The van der Waals surface area contributed by atoms with E-state index in [-0.39, 0.29) is 17.8 Å². The summed E-state index contributed by atoms with van der Waals surface area (Å²) in [4.78, 5) is 21.9. The highest BCUT2D eigenvalue weighted by Crippen LogP contribution is 2.28. The molecule has 1 aliphatic rings.